The second kappa shape index (κ2) is 6.96. The standard InChI is InChI=1S/C13H18N2O2S/c1-10(13(14)18)15(2)12(16)8-9-17-11-6-4-3-5-7-11/h3-7,10H,8-9H2,1-2H3,(H2,14,18). The molecule has 0 aliphatic rings. The topological polar surface area (TPSA) is 55.6 Å². The molecule has 4 nitrogen and oxygen atoms in total. The highest BCUT2D eigenvalue weighted by atomic mass is 32.1. The highest BCUT2D eigenvalue weighted by Crippen LogP contribution is 2.09. The molecule has 0 saturated heterocycles. The lowest BCUT2D eigenvalue weighted by atomic mass is 10.2. The smallest absolute Gasteiger partial charge is 0.226 e. The summed E-state index contributed by atoms with van der Waals surface area (Å²) in [6.07, 6.45) is 0.304. The lowest BCUT2D eigenvalue weighted by molar-refractivity contribution is -0.131. The molecule has 5 heteroatoms. The number of benzene rings is 1. The molecular formula is C13H18N2O2S. The SMILES string of the molecule is CC(C(N)=S)N(C)C(=O)CCOc1ccccc1. The first kappa shape index (κ1) is 14.4. The van der Waals surface area contributed by atoms with Gasteiger partial charge in [0.15, 0.2) is 0 Å². The van der Waals surface area contributed by atoms with Gasteiger partial charge >= 0.3 is 0 Å². The van der Waals surface area contributed by atoms with E-state index in [1.165, 1.54) is 4.90 Å². The van der Waals surface area contributed by atoms with Gasteiger partial charge in [-0.3, -0.25) is 4.79 Å². The molecule has 1 aromatic rings. The average molecular weight is 266 g/mol. The van der Waals surface area contributed by atoms with Crippen molar-refractivity contribution >= 4 is 23.1 Å². The number of hydrogen-bond donors (Lipinski definition) is 1. The summed E-state index contributed by atoms with van der Waals surface area (Å²) in [4.78, 5) is 13.7. The van der Waals surface area contributed by atoms with E-state index in [2.05, 4.69) is 0 Å². The first-order valence-electron chi connectivity index (χ1n) is 5.75. The summed E-state index contributed by atoms with van der Waals surface area (Å²) in [5.41, 5.74) is 5.50. The molecule has 18 heavy (non-hydrogen) atoms. The molecule has 0 heterocycles. The summed E-state index contributed by atoms with van der Waals surface area (Å²) in [7, 11) is 1.69. The van der Waals surface area contributed by atoms with E-state index < -0.39 is 0 Å². The van der Waals surface area contributed by atoms with Gasteiger partial charge < -0.3 is 15.4 Å². The number of para-hydroxylation sites is 1. The van der Waals surface area contributed by atoms with E-state index in [-0.39, 0.29) is 11.9 Å². The molecule has 1 rings (SSSR count). The molecule has 1 amide bonds. The van der Waals surface area contributed by atoms with Crippen LogP contribution < -0.4 is 10.5 Å². The highest BCUT2D eigenvalue weighted by Gasteiger charge is 2.17. The molecule has 0 fully saturated rings. The van der Waals surface area contributed by atoms with Crippen LogP contribution in [0.25, 0.3) is 0 Å². The van der Waals surface area contributed by atoms with Gasteiger partial charge in [-0.2, -0.15) is 0 Å². The molecular weight excluding hydrogens is 248 g/mol. The van der Waals surface area contributed by atoms with Crippen LogP contribution in [0.5, 0.6) is 5.75 Å². The Kier molecular flexibility index (Phi) is 5.58. The van der Waals surface area contributed by atoms with Crippen LogP contribution in [0.1, 0.15) is 13.3 Å². The number of hydrogen-bond acceptors (Lipinski definition) is 3. The van der Waals surface area contributed by atoms with Crippen molar-refractivity contribution in [1.82, 2.24) is 4.90 Å². The van der Waals surface area contributed by atoms with Gasteiger partial charge in [0.25, 0.3) is 0 Å². The second-order valence-electron chi connectivity index (χ2n) is 3.99. The number of thiocarbonyl (C=S) groups is 1. The first-order chi connectivity index (χ1) is 8.52. The van der Waals surface area contributed by atoms with Gasteiger partial charge in [-0.05, 0) is 19.1 Å². The molecule has 0 spiro atoms. The van der Waals surface area contributed by atoms with Gasteiger partial charge in [-0.25, -0.2) is 0 Å². The summed E-state index contributed by atoms with van der Waals surface area (Å²) >= 11 is 4.86. The van der Waals surface area contributed by atoms with Crippen molar-refractivity contribution in [2.45, 2.75) is 19.4 Å². The number of amides is 1. The first-order valence-corrected chi connectivity index (χ1v) is 6.16. The summed E-state index contributed by atoms with van der Waals surface area (Å²) < 4.78 is 5.46. The van der Waals surface area contributed by atoms with Gasteiger partial charge in [0.05, 0.1) is 24.1 Å². The van der Waals surface area contributed by atoms with Gasteiger partial charge in [-0.15, -0.1) is 0 Å². The van der Waals surface area contributed by atoms with Gasteiger partial charge in [0.2, 0.25) is 5.91 Å². The van der Waals surface area contributed by atoms with E-state index in [4.69, 9.17) is 22.7 Å². The number of nitrogens with two attached hydrogens (primary N) is 1. The van der Waals surface area contributed by atoms with Crippen molar-refractivity contribution in [2.24, 2.45) is 5.73 Å². The minimum atomic E-state index is -0.232. The van der Waals surface area contributed by atoms with Crippen LogP contribution in [0.2, 0.25) is 0 Å². The van der Waals surface area contributed by atoms with Crippen molar-refractivity contribution in [3.8, 4) is 5.75 Å². The maximum atomic E-state index is 11.8. The fraction of sp³-hybridized carbons (Fsp3) is 0.385. The Labute approximate surface area is 113 Å². The van der Waals surface area contributed by atoms with Crippen molar-refractivity contribution < 1.29 is 9.53 Å². The third-order valence-corrected chi connectivity index (χ3v) is 3.06. The van der Waals surface area contributed by atoms with Crippen molar-refractivity contribution in [3.63, 3.8) is 0 Å². The summed E-state index contributed by atoms with van der Waals surface area (Å²) in [6.45, 7) is 2.15. The summed E-state index contributed by atoms with van der Waals surface area (Å²) in [6, 6.07) is 9.16. The predicted octanol–water partition coefficient (Wildman–Crippen LogP) is 1.59. The zero-order chi connectivity index (χ0) is 13.5. The highest BCUT2D eigenvalue weighted by molar-refractivity contribution is 7.80. The lowest BCUT2D eigenvalue weighted by Gasteiger charge is -2.23. The molecule has 0 saturated carbocycles. The second-order valence-corrected chi connectivity index (χ2v) is 4.47. The summed E-state index contributed by atoms with van der Waals surface area (Å²) in [5, 5.41) is 0. The van der Waals surface area contributed by atoms with E-state index in [0.29, 0.717) is 18.0 Å². The van der Waals surface area contributed by atoms with Gasteiger partial charge in [0, 0.05) is 7.05 Å². The molecule has 1 aromatic carbocycles. The Morgan fingerprint density at radius 3 is 2.61 bits per heavy atom. The van der Waals surface area contributed by atoms with Crippen LogP contribution in [-0.2, 0) is 4.79 Å². The van der Waals surface area contributed by atoms with E-state index in [1.807, 2.05) is 30.3 Å². The molecule has 0 radical (unpaired) electrons. The molecule has 0 aliphatic carbocycles. The lowest BCUT2D eigenvalue weighted by Crippen LogP contribution is -2.43. The number of carbonyl (C=O) groups is 1. The molecule has 1 atom stereocenters. The zero-order valence-corrected chi connectivity index (χ0v) is 11.4. The largest absolute Gasteiger partial charge is 0.493 e. The number of nitrogens with zero attached hydrogens (tertiary/aromatic N) is 1. The van der Waals surface area contributed by atoms with Crippen molar-refractivity contribution in [3.05, 3.63) is 30.3 Å². The molecule has 2 N–H and O–H groups in total. The molecule has 98 valence electrons. The van der Waals surface area contributed by atoms with Gasteiger partial charge in [0.1, 0.15) is 5.75 Å². The maximum Gasteiger partial charge on any atom is 0.226 e. The molecule has 0 aromatic heterocycles. The van der Waals surface area contributed by atoms with Crippen LogP contribution in [0, 0.1) is 0 Å². The Bertz CT molecular complexity index is 409. The average Bonchev–Trinajstić information content (AvgIpc) is 2.38. The number of likely N-dealkylation sites (N-methyl/N-ethyl adjacent to an activating group) is 1. The fourth-order valence-electron chi connectivity index (χ4n) is 1.36. The zero-order valence-electron chi connectivity index (χ0n) is 10.6. The maximum absolute atomic E-state index is 11.8. The third kappa shape index (κ3) is 4.33. The van der Waals surface area contributed by atoms with E-state index >= 15 is 0 Å². The molecule has 0 bridgehead atoms. The summed E-state index contributed by atoms with van der Waals surface area (Å²) in [5.74, 6) is 0.724. The van der Waals surface area contributed by atoms with Gasteiger partial charge in [-0.1, -0.05) is 30.4 Å². The van der Waals surface area contributed by atoms with Crippen LogP contribution in [0.4, 0.5) is 0 Å². The minimum Gasteiger partial charge on any atom is -0.493 e. The minimum absolute atomic E-state index is 0.0359. The number of carbonyl (C=O) groups excluding carboxylic acids is 1. The quantitative estimate of drug-likeness (QED) is 0.794. The van der Waals surface area contributed by atoms with Crippen LogP contribution in [-0.4, -0.2) is 35.5 Å². The van der Waals surface area contributed by atoms with Crippen molar-refractivity contribution in [1.29, 1.82) is 0 Å². The van der Waals surface area contributed by atoms with E-state index in [9.17, 15) is 4.79 Å². The van der Waals surface area contributed by atoms with Crippen LogP contribution >= 0.6 is 12.2 Å². The predicted molar refractivity (Wildman–Crippen MR) is 75.6 cm³/mol. The van der Waals surface area contributed by atoms with Crippen molar-refractivity contribution in [2.75, 3.05) is 13.7 Å². The Morgan fingerprint density at radius 2 is 2.06 bits per heavy atom. The number of rotatable bonds is 6. The number of ether oxygens (including phenoxy) is 1. The third-order valence-electron chi connectivity index (χ3n) is 2.71. The van der Waals surface area contributed by atoms with Crippen LogP contribution in [0.3, 0.4) is 0 Å². The molecule has 0 aliphatic heterocycles. The molecule has 1 unspecified atom stereocenters. The normalized spacial score (nSPS) is 11.7. The van der Waals surface area contributed by atoms with E-state index in [1.54, 1.807) is 14.0 Å². The Balaban J connectivity index is 2.35. The Morgan fingerprint density at radius 1 is 1.44 bits per heavy atom. The monoisotopic (exact) mass is 266 g/mol. The fourth-order valence-corrected chi connectivity index (χ4v) is 1.51. The van der Waals surface area contributed by atoms with E-state index in [0.717, 1.165) is 5.75 Å². The Hall–Kier alpha value is -1.62. The van der Waals surface area contributed by atoms with Crippen LogP contribution in [0.15, 0.2) is 30.3 Å².